The number of rotatable bonds is 7. The van der Waals surface area contributed by atoms with Gasteiger partial charge >= 0.3 is 5.97 Å². The van der Waals surface area contributed by atoms with E-state index in [9.17, 15) is 4.79 Å². The topological polar surface area (TPSA) is 40.5 Å². The van der Waals surface area contributed by atoms with Gasteiger partial charge in [-0.15, -0.1) is 11.3 Å². The average molecular weight is 301 g/mol. The minimum atomic E-state index is -0.921. The van der Waals surface area contributed by atoms with Gasteiger partial charge in [-0.1, -0.05) is 37.3 Å². The molecule has 0 fully saturated rings. The van der Waals surface area contributed by atoms with Gasteiger partial charge in [0, 0.05) is 24.0 Å². The predicted molar refractivity (Wildman–Crippen MR) is 87.2 cm³/mol. The number of benzene rings is 1. The van der Waals surface area contributed by atoms with E-state index in [0.717, 1.165) is 30.8 Å². The van der Waals surface area contributed by atoms with Crippen LogP contribution in [0.4, 0.5) is 0 Å². The molecule has 1 aromatic carbocycles. The van der Waals surface area contributed by atoms with E-state index in [2.05, 4.69) is 35.4 Å². The van der Waals surface area contributed by atoms with Crippen molar-refractivity contribution in [3.63, 3.8) is 0 Å². The summed E-state index contributed by atoms with van der Waals surface area (Å²) in [6.07, 6.45) is 2.85. The highest BCUT2D eigenvalue weighted by Crippen LogP contribution is 2.17. The molecule has 0 bridgehead atoms. The van der Waals surface area contributed by atoms with E-state index in [1.807, 2.05) is 18.2 Å². The van der Waals surface area contributed by atoms with E-state index < -0.39 is 5.97 Å². The van der Waals surface area contributed by atoms with Crippen molar-refractivity contribution in [3.05, 3.63) is 63.9 Å². The highest BCUT2D eigenvalue weighted by Gasteiger charge is 2.08. The van der Waals surface area contributed by atoms with Gasteiger partial charge in [-0.2, -0.15) is 0 Å². The van der Waals surface area contributed by atoms with E-state index in [0.29, 0.717) is 0 Å². The molecule has 0 aliphatic heterocycles. The van der Waals surface area contributed by atoms with Crippen LogP contribution in [0.5, 0.6) is 0 Å². The Hall–Kier alpha value is -1.91. The fourth-order valence-corrected chi connectivity index (χ4v) is 2.89. The number of nitrogens with zero attached hydrogens (tertiary/aromatic N) is 1. The monoisotopic (exact) mass is 301 g/mol. The Morgan fingerprint density at radius 2 is 2.05 bits per heavy atom. The molecule has 0 saturated carbocycles. The maximum Gasteiger partial charge on any atom is 0.328 e. The molecule has 0 saturated heterocycles. The molecule has 21 heavy (non-hydrogen) atoms. The Balaban J connectivity index is 2.11. The van der Waals surface area contributed by atoms with E-state index >= 15 is 0 Å². The molecule has 2 aromatic rings. The minimum Gasteiger partial charge on any atom is -0.478 e. The molecular formula is C17H19NO2S. The lowest BCUT2D eigenvalue weighted by Crippen LogP contribution is -2.22. The van der Waals surface area contributed by atoms with Crippen LogP contribution >= 0.6 is 11.3 Å². The summed E-state index contributed by atoms with van der Waals surface area (Å²) in [5, 5.41) is 10.9. The van der Waals surface area contributed by atoms with Crippen LogP contribution in [0, 0.1) is 0 Å². The van der Waals surface area contributed by atoms with Gasteiger partial charge in [-0.25, -0.2) is 4.79 Å². The molecule has 4 heteroatoms. The molecule has 2 rings (SSSR count). The fraction of sp³-hybridized carbons (Fsp3) is 0.235. The van der Waals surface area contributed by atoms with Crippen LogP contribution in [-0.4, -0.2) is 22.5 Å². The molecule has 0 spiro atoms. The smallest absolute Gasteiger partial charge is 0.328 e. The second-order valence-electron chi connectivity index (χ2n) is 4.75. The quantitative estimate of drug-likeness (QED) is 0.789. The number of carbonyl (C=O) groups is 1. The van der Waals surface area contributed by atoms with Crippen LogP contribution in [0.2, 0.25) is 0 Å². The van der Waals surface area contributed by atoms with Crippen LogP contribution in [0.25, 0.3) is 6.08 Å². The van der Waals surface area contributed by atoms with E-state index in [-0.39, 0.29) is 0 Å². The van der Waals surface area contributed by atoms with Crippen LogP contribution in [0.1, 0.15) is 22.9 Å². The van der Waals surface area contributed by atoms with E-state index in [4.69, 9.17) is 5.11 Å². The van der Waals surface area contributed by atoms with Gasteiger partial charge in [0.1, 0.15) is 0 Å². The maximum absolute atomic E-state index is 10.7. The SMILES string of the molecule is CCN(Cc1cccs1)Cc1ccccc1C=CC(=O)O. The molecule has 1 N–H and O–H groups in total. The Labute approximate surface area is 129 Å². The first-order chi connectivity index (χ1) is 10.2. The molecule has 110 valence electrons. The molecule has 0 aliphatic carbocycles. The first-order valence-corrected chi connectivity index (χ1v) is 7.80. The Morgan fingerprint density at radius 1 is 1.24 bits per heavy atom. The van der Waals surface area contributed by atoms with Crippen molar-refractivity contribution in [1.82, 2.24) is 4.90 Å². The zero-order valence-electron chi connectivity index (χ0n) is 12.0. The molecule has 0 unspecified atom stereocenters. The van der Waals surface area contributed by atoms with Crippen molar-refractivity contribution in [2.24, 2.45) is 0 Å². The molecule has 0 amide bonds. The summed E-state index contributed by atoms with van der Waals surface area (Å²) in [6.45, 7) is 4.83. The van der Waals surface area contributed by atoms with Crippen molar-refractivity contribution >= 4 is 23.4 Å². The van der Waals surface area contributed by atoms with Gasteiger partial charge in [-0.05, 0) is 35.2 Å². The largest absolute Gasteiger partial charge is 0.478 e. The summed E-state index contributed by atoms with van der Waals surface area (Å²) in [4.78, 5) is 14.4. The molecule has 1 heterocycles. The Morgan fingerprint density at radius 3 is 2.71 bits per heavy atom. The zero-order chi connectivity index (χ0) is 15.1. The molecular weight excluding hydrogens is 282 g/mol. The Bertz CT molecular complexity index is 605. The van der Waals surface area contributed by atoms with Crippen LogP contribution in [0.15, 0.2) is 47.9 Å². The van der Waals surface area contributed by atoms with Gasteiger partial charge in [-0.3, -0.25) is 4.90 Å². The van der Waals surface area contributed by atoms with Crippen molar-refractivity contribution in [1.29, 1.82) is 0 Å². The second-order valence-corrected chi connectivity index (χ2v) is 5.79. The van der Waals surface area contributed by atoms with Gasteiger partial charge in [0.05, 0.1) is 0 Å². The summed E-state index contributed by atoms with van der Waals surface area (Å²) in [6, 6.07) is 12.1. The number of thiophene rings is 1. The fourth-order valence-electron chi connectivity index (χ4n) is 2.15. The summed E-state index contributed by atoms with van der Waals surface area (Å²) in [7, 11) is 0. The number of aliphatic carboxylic acids is 1. The van der Waals surface area contributed by atoms with E-state index in [1.165, 1.54) is 11.0 Å². The number of hydrogen-bond acceptors (Lipinski definition) is 3. The van der Waals surface area contributed by atoms with Crippen LogP contribution in [-0.2, 0) is 17.9 Å². The summed E-state index contributed by atoms with van der Waals surface area (Å²) >= 11 is 1.76. The molecule has 3 nitrogen and oxygen atoms in total. The molecule has 0 atom stereocenters. The lowest BCUT2D eigenvalue weighted by molar-refractivity contribution is -0.131. The maximum atomic E-state index is 10.7. The van der Waals surface area contributed by atoms with Crippen molar-refractivity contribution in [2.75, 3.05) is 6.54 Å². The molecule has 0 radical (unpaired) electrons. The standard InChI is InChI=1S/C17H19NO2S/c1-2-18(13-16-8-5-11-21-16)12-15-7-4-3-6-14(15)9-10-17(19)20/h3-11H,2,12-13H2,1H3,(H,19,20). The lowest BCUT2D eigenvalue weighted by atomic mass is 10.1. The first-order valence-electron chi connectivity index (χ1n) is 6.92. The van der Waals surface area contributed by atoms with Crippen molar-refractivity contribution < 1.29 is 9.90 Å². The van der Waals surface area contributed by atoms with Crippen molar-refractivity contribution in [3.8, 4) is 0 Å². The summed E-state index contributed by atoms with van der Waals surface area (Å²) in [5.41, 5.74) is 2.11. The van der Waals surface area contributed by atoms with Gasteiger partial charge < -0.3 is 5.11 Å². The highest BCUT2D eigenvalue weighted by atomic mass is 32.1. The van der Waals surface area contributed by atoms with Crippen LogP contribution < -0.4 is 0 Å². The van der Waals surface area contributed by atoms with Crippen LogP contribution in [0.3, 0.4) is 0 Å². The first kappa shape index (κ1) is 15.5. The number of hydrogen-bond donors (Lipinski definition) is 1. The predicted octanol–water partition coefficient (Wildman–Crippen LogP) is 3.87. The third-order valence-corrected chi connectivity index (χ3v) is 4.12. The minimum absolute atomic E-state index is 0.814. The van der Waals surface area contributed by atoms with Gasteiger partial charge in [0.15, 0.2) is 0 Å². The number of carboxylic acids is 1. The summed E-state index contributed by atoms with van der Waals surface area (Å²) in [5.74, 6) is -0.921. The third-order valence-electron chi connectivity index (χ3n) is 3.26. The van der Waals surface area contributed by atoms with E-state index in [1.54, 1.807) is 17.4 Å². The lowest BCUT2D eigenvalue weighted by Gasteiger charge is -2.20. The van der Waals surface area contributed by atoms with Gasteiger partial charge in [0.25, 0.3) is 0 Å². The number of carboxylic acid groups (broad SMARTS) is 1. The second kappa shape index (κ2) is 7.76. The Kier molecular flexibility index (Phi) is 5.72. The highest BCUT2D eigenvalue weighted by molar-refractivity contribution is 7.09. The average Bonchev–Trinajstić information content (AvgIpc) is 2.98. The zero-order valence-corrected chi connectivity index (χ0v) is 12.8. The van der Waals surface area contributed by atoms with Gasteiger partial charge in [0.2, 0.25) is 0 Å². The van der Waals surface area contributed by atoms with Crippen molar-refractivity contribution in [2.45, 2.75) is 20.0 Å². The summed E-state index contributed by atoms with van der Waals surface area (Å²) < 4.78 is 0. The molecule has 1 aromatic heterocycles. The normalized spacial score (nSPS) is 11.3. The third kappa shape index (κ3) is 4.85. The molecule has 0 aliphatic rings.